The summed E-state index contributed by atoms with van der Waals surface area (Å²) in [6.07, 6.45) is 2.53. The van der Waals surface area contributed by atoms with Crippen LogP contribution in [0.3, 0.4) is 0 Å². The van der Waals surface area contributed by atoms with E-state index in [0.29, 0.717) is 23.9 Å². The third kappa shape index (κ3) is 5.08. The molecule has 1 aromatic heterocycles. The van der Waals surface area contributed by atoms with E-state index in [1.165, 1.54) is 0 Å². The van der Waals surface area contributed by atoms with Crippen LogP contribution in [0.2, 0.25) is 0 Å². The summed E-state index contributed by atoms with van der Waals surface area (Å²) in [4.78, 5) is 4.38. The molecule has 0 saturated heterocycles. The highest BCUT2D eigenvalue weighted by atomic mass is 32.1. The van der Waals surface area contributed by atoms with Gasteiger partial charge in [-0.3, -0.25) is 4.98 Å². The molecule has 0 saturated carbocycles. The first-order valence-electron chi connectivity index (χ1n) is 5.82. The van der Waals surface area contributed by atoms with Crippen molar-refractivity contribution < 1.29 is 9.47 Å². The lowest BCUT2D eigenvalue weighted by molar-refractivity contribution is -0.0124. The quantitative estimate of drug-likeness (QED) is 0.606. The Kier molecular flexibility index (Phi) is 5.65. The van der Waals surface area contributed by atoms with E-state index in [1.807, 2.05) is 26.0 Å². The molecule has 0 atom stereocenters. The van der Waals surface area contributed by atoms with Crippen LogP contribution in [0, 0.1) is 0 Å². The fourth-order valence-corrected chi connectivity index (χ4v) is 1.42. The number of nitrogens with two attached hydrogens (primary N) is 1. The van der Waals surface area contributed by atoms with E-state index in [4.69, 9.17) is 27.4 Å². The molecule has 1 heterocycles. The van der Waals surface area contributed by atoms with Crippen LogP contribution in [0.4, 0.5) is 0 Å². The van der Waals surface area contributed by atoms with Crippen molar-refractivity contribution in [3.8, 4) is 0 Å². The Morgan fingerprint density at radius 2 is 2.22 bits per heavy atom. The number of ether oxygens (including phenoxy) is 2. The van der Waals surface area contributed by atoms with Crippen LogP contribution in [-0.4, -0.2) is 29.3 Å². The molecule has 1 aromatic rings. The van der Waals surface area contributed by atoms with E-state index in [2.05, 4.69) is 4.98 Å². The summed E-state index contributed by atoms with van der Waals surface area (Å²) < 4.78 is 10.9. The minimum absolute atomic E-state index is 0.151. The van der Waals surface area contributed by atoms with Crippen molar-refractivity contribution in [3.63, 3.8) is 0 Å². The van der Waals surface area contributed by atoms with Crippen molar-refractivity contribution in [2.45, 2.75) is 32.5 Å². The first kappa shape index (κ1) is 15.0. The summed E-state index contributed by atoms with van der Waals surface area (Å²) in [5, 5.41) is 0. The molecule has 0 amide bonds. The van der Waals surface area contributed by atoms with Crippen LogP contribution < -0.4 is 5.73 Å². The van der Waals surface area contributed by atoms with E-state index in [1.54, 1.807) is 13.3 Å². The maximum atomic E-state index is 5.60. The molecule has 0 aromatic carbocycles. The Morgan fingerprint density at radius 1 is 1.50 bits per heavy atom. The average molecular weight is 268 g/mol. The van der Waals surface area contributed by atoms with E-state index in [9.17, 15) is 0 Å². The summed E-state index contributed by atoms with van der Waals surface area (Å²) in [7, 11) is 1.71. The molecule has 0 spiro atoms. The van der Waals surface area contributed by atoms with Gasteiger partial charge in [0.1, 0.15) is 4.99 Å². The van der Waals surface area contributed by atoms with Crippen molar-refractivity contribution in [2.24, 2.45) is 5.73 Å². The highest BCUT2D eigenvalue weighted by molar-refractivity contribution is 7.80. The Bertz CT molecular complexity index is 408. The third-order valence-electron chi connectivity index (χ3n) is 2.75. The Hall–Kier alpha value is -1.04. The van der Waals surface area contributed by atoms with E-state index < -0.39 is 0 Å². The molecule has 0 aliphatic heterocycles. The van der Waals surface area contributed by atoms with E-state index in [0.717, 1.165) is 12.0 Å². The normalized spacial score (nSPS) is 11.5. The third-order valence-corrected chi connectivity index (χ3v) is 2.96. The minimum atomic E-state index is -0.151. The number of rotatable bonds is 7. The number of methoxy groups -OCH3 is 1. The van der Waals surface area contributed by atoms with Crippen LogP contribution in [0.15, 0.2) is 18.3 Å². The highest BCUT2D eigenvalue weighted by Gasteiger charge is 2.15. The lowest BCUT2D eigenvalue weighted by Crippen LogP contribution is -2.24. The SMILES string of the molecule is COC(C)(C)CCOCc1ccnc(C(N)=S)c1. The molecule has 0 bridgehead atoms. The first-order chi connectivity index (χ1) is 8.44. The van der Waals surface area contributed by atoms with Crippen molar-refractivity contribution in [1.29, 1.82) is 0 Å². The maximum Gasteiger partial charge on any atom is 0.122 e. The lowest BCUT2D eigenvalue weighted by atomic mass is 10.1. The number of hydrogen-bond acceptors (Lipinski definition) is 4. The molecule has 0 unspecified atom stereocenters. The second kappa shape index (κ2) is 6.78. The number of thiocarbonyl (C=S) groups is 1. The van der Waals surface area contributed by atoms with Gasteiger partial charge in [0.25, 0.3) is 0 Å². The number of hydrogen-bond donors (Lipinski definition) is 1. The van der Waals surface area contributed by atoms with Crippen molar-refractivity contribution in [2.75, 3.05) is 13.7 Å². The molecule has 5 heteroatoms. The molecular weight excluding hydrogens is 248 g/mol. The fraction of sp³-hybridized carbons (Fsp3) is 0.538. The van der Waals surface area contributed by atoms with Gasteiger partial charge in [0.05, 0.1) is 17.9 Å². The predicted molar refractivity (Wildman–Crippen MR) is 75.5 cm³/mol. The van der Waals surface area contributed by atoms with Gasteiger partial charge in [0.2, 0.25) is 0 Å². The van der Waals surface area contributed by atoms with Gasteiger partial charge in [-0.05, 0) is 38.0 Å². The lowest BCUT2D eigenvalue weighted by Gasteiger charge is -2.22. The second-order valence-electron chi connectivity index (χ2n) is 4.68. The Balaban J connectivity index is 2.40. The average Bonchev–Trinajstić information content (AvgIpc) is 2.35. The molecule has 2 N–H and O–H groups in total. The number of pyridine rings is 1. The zero-order valence-corrected chi connectivity index (χ0v) is 11.9. The summed E-state index contributed by atoms with van der Waals surface area (Å²) >= 11 is 4.88. The molecule has 0 radical (unpaired) electrons. The van der Waals surface area contributed by atoms with Gasteiger partial charge < -0.3 is 15.2 Å². The van der Waals surface area contributed by atoms with Crippen LogP contribution in [0.1, 0.15) is 31.5 Å². The molecule has 100 valence electrons. The second-order valence-corrected chi connectivity index (χ2v) is 5.12. The van der Waals surface area contributed by atoms with Gasteiger partial charge in [-0.1, -0.05) is 12.2 Å². The first-order valence-corrected chi connectivity index (χ1v) is 6.23. The zero-order chi connectivity index (χ0) is 13.6. The molecule has 18 heavy (non-hydrogen) atoms. The maximum absolute atomic E-state index is 5.60. The standard InChI is InChI=1S/C13H20N2O2S/c1-13(2,16-3)5-7-17-9-10-4-6-15-11(8-10)12(14)18/h4,6,8H,5,7,9H2,1-3H3,(H2,14,18). The van der Waals surface area contributed by atoms with Crippen LogP contribution in [0.5, 0.6) is 0 Å². The van der Waals surface area contributed by atoms with Crippen LogP contribution >= 0.6 is 12.2 Å². The highest BCUT2D eigenvalue weighted by Crippen LogP contribution is 2.13. The molecule has 0 aliphatic carbocycles. The summed E-state index contributed by atoms with van der Waals surface area (Å²) in [5.41, 5.74) is 7.02. The fourth-order valence-electron chi connectivity index (χ4n) is 1.31. The largest absolute Gasteiger partial charge is 0.388 e. The van der Waals surface area contributed by atoms with Gasteiger partial charge in [-0.15, -0.1) is 0 Å². The summed E-state index contributed by atoms with van der Waals surface area (Å²) in [6, 6.07) is 3.74. The molecule has 0 aliphatic rings. The number of nitrogens with zero attached hydrogens (tertiary/aromatic N) is 1. The number of aromatic nitrogens is 1. The van der Waals surface area contributed by atoms with Crippen LogP contribution in [-0.2, 0) is 16.1 Å². The summed E-state index contributed by atoms with van der Waals surface area (Å²) in [5.74, 6) is 0. The van der Waals surface area contributed by atoms with Gasteiger partial charge in [0, 0.05) is 19.9 Å². The van der Waals surface area contributed by atoms with Crippen molar-refractivity contribution >= 4 is 17.2 Å². The van der Waals surface area contributed by atoms with E-state index >= 15 is 0 Å². The van der Waals surface area contributed by atoms with Gasteiger partial charge in [-0.25, -0.2) is 0 Å². The topological polar surface area (TPSA) is 57.4 Å². The molecule has 1 rings (SSSR count). The van der Waals surface area contributed by atoms with Gasteiger partial charge in [0.15, 0.2) is 0 Å². The van der Waals surface area contributed by atoms with Gasteiger partial charge >= 0.3 is 0 Å². The van der Waals surface area contributed by atoms with E-state index in [-0.39, 0.29) is 5.60 Å². The predicted octanol–water partition coefficient (Wildman–Crippen LogP) is 2.05. The monoisotopic (exact) mass is 268 g/mol. The van der Waals surface area contributed by atoms with Gasteiger partial charge in [-0.2, -0.15) is 0 Å². The zero-order valence-electron chi connectivity index (χ0n) is 11.1. The molecule has 4 nitrogen and oxygen atoms in total. The summed E-state index contributed by atoms with van der Waals surface area (Å²) in [6.45, 7) is 5.24. The minimum Gasteiger partial charge on any atom is -0.388 e. The van der Waals surface area contributed by atoms with Crippen LogP contribution in [0.25, 0.3) is 0 Å². The van der Waals surface area contributed by atoms with Crippen molar-refractivity contribution in [3.05, 3.63) is 29.6 Å². The molecular formula is C13H20N2O2S. The molecule has 0 fully saturated rings. The Labute approximate surface area is 113 Å². The van der Waals surface area contributed by atoms with Crippen molar-refractivity contribution in [1.82, 2.24) is 4.98 Å². The Morgan fingerprint density at radius 3 is 2.83 bits per heavy atom. The smallest absolute Gasteiger partial charge is 0.122 e.